The molecule has 1 heterocycles. The molecule has 1 aliphatic rings. The average Bonchev–Trinajstić information content (AvgIpc) is 1.91. The van der Waals surface area contributed by atoms with Gasteiger partial charge in [0, 0.05) is 25.7 Å². The van der Waals surface area contributed by atoms with E-state index in [0.29, 0.717) is 6.04 Å². The van der Waals surface area contributed by atoms with E-state index in [1.807, 2.05) is 0 Å². The van der Waals surface area contributed by atoms with E-state index >= 15 is 0 Å². The molecule has 9 heavy (non-hydrogen) atoms. The summed E-state index contributed by atoms with van der Waals surface area (Å²) in [5.41, 5.74) is 5.37. The van der Waals surface area contributed by atoms with E-state index in [-0.39, 0.29) is 0 Å². The largest absolute Gasteiger partial charge is 0.330 e. The van der Waals surface area contributed by atoms with Crippen molar-refractivity contribution in [3.63, 3.8) is 0 Å². The summed E-state index contributed by atoms with van der Waals surface area (Å²) in [6, 6.07) is 0.490. The van der Waals surface area contributed by atoms with Crippen LogP contribution in [0.2, 0.25) is 0 Å². The van der Waals surface area contributed by atoms with Crippen molar-refractivity contribution in [1.29, 1.82) is 0 Å². The molecule has 1 fully saturated rings. The summed E-state index contributed by atoms with van der Waals surface area (Å²) in [6.45, 7) is 3.79. The van der Waals surface area contributed by atoms with Crippen molar-refractivity contribution in [3.05, 3.63) is 0 Å². The number of hydrogen-bond donors (Lipinski definition) is 2. The van der Waals surface area contributed by atoms with Gasteiger partial charge in [0.25, 0.3) is 0 Å². The van der Waals surface area contributed by atoms with Crippen LogP contribution in [0.3, 0.4) is 0 Å². The van der Waals surface area contributed by atoms with Crippen LogP contribution >= 0.6 is 0 Å². The molecule has 0 spiro atoms. The molecule has 53 valence electrons. The highest BCUT2D eigenvalue weighted by molar-refractivity contribution is 4.74. The molecule has 0 aromatic heterocycles. The Kier molecular flexibility index (Phi) is 2.97. The van der Waals surface area contributed by atoms with Gasteiger partial charge in [-0.05, 0) is 13.0 Å². The quantitative estimate of drug-likeness (QED) is 0.496. The Morgan fingerprint density at radius 1 is 1.67 bits per heavy atom. The maximum absolute atomic E-state index is 5.37. The summed E-state index contributed by atoms with van der Waals surface area (Å²) < 4.78 is 0. The lowest BCUT2D eigenvalue weighted by molar-refractivity contribution is 0.395. The van der Waals surface area contributed by atoms with Crippen LogP contribution in [-0.4, -0.2) is 32.2 Å². The van der Waals surface area contributed by atoms with Gasteiger partial charge in [0.1, 0.15) is 0 Å². The van der Waals surface area contributed by atoms with Gasteiger partial charge in [-0.1, -0.05) is 0 Å². The second-order valence-corrected chi connectivity index (χ2v) is 2.34. The molecule has 1 unspecified atom stereocenters. The lowest BCUT2D eigenvalue weighted by Gasteiger charge is -2.21. The molecule has 0 aromatic rings. The third-order valence-corrected chi connectivity index (χ3v) is 1.56. The van der Waals surface area contributed by atoms with Crippen molar-refractivity contribution in [1.82, 2.24) is 10.6 Å². The minimum atomic E-state index is 0.490. The van der Waals surface area contributed by atoms with E-state index < -0.39 is 0 Å². The monoisotopic (exact) mass is 128 g/mol. The van der Waals surface area contributed by atoms with Crippen LogP contribution in [-0.2, 0) is 0 Å². The number of nitrogens with two attached hydrogens (primary N) is 1. The molecule has 0 amide bonds. The van der Waals surface area contributed by atoms with Crippen LogP contribution in [0.1, 0.15) is 6.42 Å². The molecule has 3 heteroatoms. The second-order valence-electron chi connectivity index (χ2n) is 2.34. The third-order valence-electron chi connectivity index (χ3n) is 1.56. The van der Waals surface area contributed by atoms with Gasteiger partial charge in [0.2, 0.25) is 0 Å². The van der Waals surface area contributed by atoms with Gasteiger partial charge in [-0.2, -0.15) is 0 Å². The van der Waals surface area contributed by atoms with Crippen LogP contribution in [0.5, 0.6) is 0 Å². The van der Waals surface area contributed by atoms with E-state index in [4.69, 9.17) is 5.73 Å². The third kappa shape index (κ3) is 2.30. The van der Waals surface area contributed by atoms with E-state index in [1.54, 1.807) is 0 Å². The Hall–Kier alpha value is -0.120. The predicted molar refractivity (Wildman–Crippen MR) is 37.3 cm³/mol. The van der Waals surface area contributed by atoms with Crippen LogP contribution in [0.15, 0.2) is 0 Å². The van der Waals surface area contributed by atoms with Gasteiger partial charge >= 0.3 is 0 Å². The number of rotatable bonds is 2. The van der Waals surface area contributed by atoms with Crippen molar-refractivity contribution in [2.24, 2.45) is 5.73 Å². The Balaban J connectivity index is 2.08. The van der Waals surface area contributed by atoms with Gasteiger partial charge in [0.15, 0.2) is 0 Å². The Morgan fingerprint density at radius 2 is 2.56 bits per heavy atom. The Morgan fingerprint density at radius 3 is 3.11 bits per heavy atom. The highest BCUT2D eigenvalue weighted by atomic mass is 15.1. The maximum Gasteiger partial charge on any atom is 0.0383 e. The highest BCUT2D eigenvalue weighted by Crippen LogP contribution is 1.92. The first-order chi connectivity index (χ1) is 4.43. The molecule has 1 radical (unpaired) electrons. The van der Waals surface area contributed by atoms with E-state index in [9.17, 15) is 0 Å². The summed E-state index contributed by atoms with van der Waals surface area (Å²) in [5.74, 6) is 0. The topological polar surface area (TPSA) is 52.1 Å². The predicted octanol–water partition coefficient (Wildman–Crippen LogP) is -1.09. The first-order valence-corrected chi connectivity index (χ1v) is 3.51. The summed E-state index contributed by atoms with van der Waals surface area (Å²) >= 11 is 0. The van der Waals surface area contributed by atoms with Gasteiger partial charge in [-0.15, -0.1) is 0 Å². The zero-order valence-corrected chi connectivity index (χ0v) is 5.64. The molecular weight excluding hydrogens is 114 g/mol. The Bertz CT molecular complexity index is 65.9. The van der Waals surface area contributed by atoms with Crippen LogP contribution in [0.4, 0.5) is 0 Å². The molecule has 1 rings (SSSR count). The van der Waals surface area contributed by atoms with Crippen molar-refractivity contribution in [3.8, 4) is 0 Å². The second kappa shape index (κ2) is 3.82. The van der Waals surface area contributed by atoms with Crippen LogP contribution in [0, 0.1) is 0 Å². The highest BCUT2D eigenvalue weighted by Gasteiger charge is 2.10. The average molecular weight is 128 g/mol. The molecule has 0 saturated carbocycles. The fourth-order valence-corrected chi connectivity index (χ4v) is 1.05. The lowest BCUT2D eigenvalue weighted by Crippen LogP contribution is -2.44. The van der Waals surface area contributed by atoms with Gasteiger partial charge in [-0.25, -0.2) is 5.32 Å². The van der Waals surface area contributed by atoms with E-state index in [2.05, 4.69) is 10.6 Å². The fraction of sp³-hybridized carbons (Fsp3) is 1.00. The molecule has 3 nitrogen and oxygen atoms in total. The number of nitrogens with zero attached hydrogens (tertiary/aromatic N) is 1. The minimum absolute atomic E-state index is 0.490. The van der Waals surface area contributed by atoms with Gasteiger partial charge in [0.05, 0.1) is 0 Å². The maximum atomic E-state index is 5.37. The Labute approximate surface area is 56.0 Å². The number of hydrogen-bond acceptors (Lipinski definition) is 2. The molecule has 1 atom stereocenters. The number of nitrogens with one attached hydrogen (secondary N) is 1. The van der Waals surface area contributed by atoms with Crippen molar-refractivity contribution in [2.45, 2.75) is 12.5 Å². The zero-order valence-electron chi connectivity index (χ0n) is 5.64. The molecule has 1 aliphatic heterocycles. The first kappa shape index (κ1) is 6.99. The molecule has 0 aliphatic carbocycles. The molecule has 1 saturated heterocycles. The zero-order chi connectivity index (χ0) is 6.53. The summed E-state index contributed by atoms with van der Waals surface area (Å²) in [7, 11) is 0. The van der Waals surface area contributed by atoms with E-state index in [0.717, 1.165) is 32.6 Å². The number of piperazine rings is 1. The smallest absolute Gasteiger partial charge is 0.0383 e. The fourth-order valence-electron chi connectivity index (χ4n) is 1.05. The normalized spacial score (nSPS) is 28.3. The van der Waals surface area contributed by atoms with Crippen molar-refractivity contribution in [2.75, 3.05) is 26.2 Å². The lowest BCUT2D eigenvalue weighted by atomic mass is 10.2. The molecule has 0 aromatic carbocycles. The molecule has 0 bridgehead atoms. The van der Waals surface area contributed by atoms with Gasteiger partial charge < -0.3 is 11.1 Å². The summed E-state index contributed by atoms with van der Waals surface area (Å²) in [6.07, 6.45) is 1.03. The van der Waals surface area contributed by atoms with E-state index in [1.165, 1.54) is 0 Å². The molecule has 3 N–H and O–H groups in total. The molecular formula is C6H14N3. The standard InChI is InChI=1S/C6H14N3/c7-2-1-6-5-8-3-4-9-6/h6,8H,1-5,7H2. The van der Waals surface area contributed by atoms with Crippen LogP contribution < -0.4 is 16.4 Å². The summed E-state index contributed by atoms with van der Waals surface area (Å²) in [4.78, 5) is 0. The van der Waals surface area contributed by atoms with Crippen LogP contribution in [0.25, 0.3) is 0 Å². The van der Waals surface area contributed by atoms with Gasteiger partial charge in [-0.3, -0.25) is 0 Å². The summed E-state index contributed by atoms with van der Waals surface area (Å²) in [5, 5.41) is 7.65. The van der Waals surface area contributed by atoms with Crippen molar-refractivity contribution >= 4 is 0 Å². The SMILES string of the molecule is NCCC1CNCC[N]1. The minimum Gasteiger partial charge on any atom is -0.330 e. The first-order valence-electron chi connectivity index (χ1n) is 3.51. The van der Waals surface area contributed by atoms with Crippen molar-refractivity contribution < 1.29 is 0 Å².